The van der Waals surface area contributed by atoms with Crippen LogP contribution in [0.5, 0.6) is 0 Å². The summed E-state index contributed by atoms with van der Waals surface area (Å²) < 4.78 is 0. The first-order valence-corrected chi connectivity index (χ1v) is 5.29. The molecule has 84 valence electrons. The zero-order chi connectivity index (χ0) is 11.0. The maximum Gasteiger partial charge on any atom is 0.234 e. The van der Waals surface area contributed by atoms with Gasteiger partial charge >= 0.3 is 0 Å². The van der Waals surface area contributed by atoms with Gasteiger partial charge in [-0.25, -0.2) is 0 Å². The van der Waals surface area contributed by atoms with Crippen LogP contribution in [0.3, 0.4) is 0 Å². The standard InChI is InChI=1S/C10H23N3O/c1-4-13(6-5-11)8-10(14)12-7-9(2)3/h9H,4-8,11H2,1-3H3,(H,12,14). The van der Waals surface area contributed by atoms with Crippen molar-refractivity contribution in [3.8, 4) is 0 Å². The molecule has 0 heterocycles. The van der Waals surface area contributed by atoms with Crippen molar-refractivity contribution in [1.82, 2.24) is 10.2 Å². The molecule has 3 N–H and O–H groups in total. The topological polar surface area (TPSA) is 58.4 Å². The van der Waals surface area contributed by atoms with Gasteiger partial charge in [0.1, 0.15) is 0 Å². The van der Waals surface area contributed by atoms with Crippen molar-refractivity contribution in [2.24, 2.45) is 11.7 Å². The molecule has 0 spiro atoms. The molecule has 0 aliphatic rings. The SMILES string of the molecule is CCN(CCN)CC(=O)NCC(C)C. The molecular formula is C10H23N3O. The number of nitrogens with zero attached hydrogens (tertiary/aromatic N) is 1. The van der Waals surface area contributed by atoms with E-state index in [4.69, 9.17) is 5.73 Å². The van der Waals surface area contributed by atoms with Gasteiger partial charge in [0.2, 0.25) is 5.91 Å². The number of carbonyl (C=O) groups excluding carboxylic acids is 1. The van der Waals surface area contributed by atoms with Gasteiger partial charge in [0.15, 0.2) is 0 Å². The van der Waals surface area contributed by atoms with Crippen LogP contribution < -0.4 is 11.1 Å². The Bertz CT molecular complexity index is 159. The van der Waals surface area contributed by atoms with Crippen molar-refractivity contribution >= 4 is 5.91 Å². The summed E-state index contributed by atoms with van der Waals surface area (Å²) in [6.45, 7) is 9.66. The summed E-state index contributed by atoms with van der Waals surface area (Å²) in [7, 11) is 0. The summed E-state index contributed by atoms with van der Waals surface area (Å²) in [5, 5.41) is 2.88. The average Bonchev–Trinajstić information content (AvgIpc) is 2.14. The van der Waals surface area contributed by atoms with Crippen molar-refractivity contribution in [3.05, 3.63) is 0 Å². The number of carbonyl (C=O) groups is 1. The minimum absolute atomic E-state index is 0.0917. The molecule has 0 saturated heterocycles. The molecule has 0 unspecified atom stereocenters. The zero-order valence-corrected chi connectivity index (χ0v) is 9.55. The molecule has 0 fully saturated rings. The van der Waals surface area contributed by atoms with Gasteiger partial charge in [-0.15, -0.1) is 0 Å². The van der Waals surface area contributed by atoms with Crippen molar-refractivity contribution in [2.45, 2.75) is 20.8 Å². The Balaban J connectivity index is 3.67. The molecule has 1 amide bonds. The number of hydrogen-bond acceptors (Lipinski definition) is 3. The number of likely N-dealkylation sites (N-methyl/N-ethyl adjacent to an activating group) is 1. The van der Waals surface area contributed by atoms with Crippen molar-refractivity contribution in [1.29, 1.82) is 0 Å². The zero-order valence-electron chi connectivity index (χ0n) is 9.55. The molecule has 0 atom stereocenters. The Morgan fingerprint density at radius 1 is 1.50 bits per heavy atom. The molecule has 0 rings (SSSR count). The second kappa shape index (κ2) is 7.76. The molecule has 0 aromatic heterocycles. The molecule has 0 saturated carbocycles. The van der Waals surface area contributed by atoms with Crippen LogP contribution in [0.4, 0.5) is 0 Å². The largest absolute Gasteiger partial charge is 0.355 e. The van der Waals surface area contributed by atoms with E-state index in [0.29, 0.717) is 19.0 Å². The van der Waals surface area contributed by atoms with Crippen molar-refractivity contribution in [2.75, 3.05) is 32.7 Å². The average molecular weight is 201 g/mol. The minimum Gasteiger partial charge on any atom is -0.355 e. The van der Waals surface area contributed by atoms with Crippen LogP contribution in [0.2, 0.25) is 0 Å². The van der Waals surface area contributed by atoms with E-state index in [-0.39, 0.29) is 5.91 Å². The fourth-order valence-electron chi connectivity index (χ4n) is 1.11. The van der Waals surface area contributed by atoms with Crippen LogP contribution in [0.1, 0.15) is 20.8 Å². The van der Waals surface area contributed by atoms with Gasteiger partial charge in [-0.1, -0.05) is 20.8 Å². The summed E-state index contributed by atoms with van der Waals surface area (Å²) in [5.41, 5.74) is 5.43. The van der Waals surface area contributed by atoms with Gasteiger partial charge < -0.3 is 11.1 Å². The van der Waals surface area contributed by atoms with Crippen molar-refractivity contribution < 1.29 is 4.79 Å². The van der Waals surface area contributed by atoms with Crippen LogP contribution in [0.25, 0.3) is 0 Å². The van der Waals surface area contributed by atoms with Gasteiger partial charge in [0.05, 0.1) is 6.54 Å². The third-order valence-corrected chi connectivity index (χ3v) is 1.97. The monoisotopic (exact) mass is 201 g/mol. The van der Waals surface area contributed by atoms with Gasteiger partial charge in [0.25, 0.3) is 0 Å². The maximum atomic E-state index is 11.4. The number of hydrogen-bond donors (Lipinski definition) is 2. The molecule has 0 bridgehead atoms. The van der Waals surface area contributed by atoms with Gasteiger partial charge in [-0.2, -0.15) is 0 Å². The molecule has 0 radical (unpaired) electrons. The van der Waals surface area contributed by atoms with Crippen LogP contribution in [-0.2, 0) is 4.79 Å². The van der Waals surface area contributed by atoms with Crippen LogP contribution in [0.15, 0.2) is 0 Å². The minimum atomic E-state index is 0.0917. The third-order valence-electron chi connectivity index (χ3n) is 1.97. The van der Waals surface area contributed by atoms with Gasteiger partial charge in [-0.3, -0.25) is 9.69 Å². The fourth-order valence-corrected chi connectivity index (χ4v) is 1.11. The molecular weight excluding hydrogens is 178 g/mol. The first kappa shape index (κ1) is 13.4. The molecule has 4 nitrogen and oxygen atoms in total. The number of amides is 1. The maximum absolute atomic E-state index is 11.4. The highest BCUT2D eigenvalue weighted by Crippen LogP contribution is 1.89. The van der Waals surface area contributed by atoms with Gasteiger partial charge in [-0.05, 0) is 12.5 Å². The Morgan fingerprint density at radius 3 is 2.57 bits per heavy atom. The van der Waals surface area contributed by atoms with E-state index in [2.05, 4.69) is 19.2 Å². The van der Waals surface area contributed by atoms with E-state index in [1.807, 2.05) is 11.8 Å². The molecule has 0 aliphatic carbocycles. The van der Waals surface area contributed by atoms with Gasteiger partial charge in [0, 0.05) is 19.6 Å². The van der Waals surface area contributed by atoms with Crippen LogP contribution in [0, 0.1) is 5.92 Å². The normalized spacial score (nSPS) is 11.0. The Hall–Kier alpha value is -0.610. The highest BCUT2D eigenvalue weighted by molar-refractivity contribution is 5.77. The molecule has 0 aromatic carbocycles. The molecule has 4 heteroatoms. The molecule has 0 aliphatic heterocycles. The molecule has 0 aromatic rings. The highest BCUT2D eigenvalue weighted by atomic mass is 16.2. The third kappa shape index (κ3) is 6.86. The number of nitrogens with one attached hydrogen (secondary N) is 1. The van der Waals surface area contributed by atoms with Crippen LogP contribution in [-0.4, -0.2) is 43.5 Å². The Morgan fingerprint density at radius 2 is 2.14 bits per heavy atom. The van der Waals surface area contributed by atoms with E-state index < -0.39 is 0 Å². The lowest BCUT2D eigenvalue weighted by Crippen LogP contribution is -2.40. The Labute approximate surface area is 86.8 Å². The quantitative estimate of drug-likeness (QED) is 0.611. The van der Waals surface area contributed by atoms with E-state index in [0.717, 1.165) is 19.6 Å². The van der Waals surface area contributed by atoms with E-state index in [1.54, 1.807) is 0 Å². The number of rotatable bonds is 7. The van der Waals surface area contributed by atoms with Crippen molar-refractivity contribution in [3.63, 3.8) is 0 Å². The first-order valence-electron chi connectivity index (χ1n) is 5.29. The predicted octanol–water partition coefficient (Wildman–Crippen LogP) is 0.0392. The lowest BCUT2D eigenvalue weighted by Gasteiger charge is -2.19. The second-order valence-corrected chi connectivity index (χ2v) is 3.86. The lowest BCUT2D eigenvalue weighted by atomic mass is 10.2. The lowest BCUT2D eigenvalue weighted by molar-refractivity contribution is -0.122. The van der Waals surface area contributed by atoms with E-state index >= 15 is 0 Å². The fraction of sp³-hybridized carbons (Fsp3) is 0.900. The van der Waals surface area contributed by atoms with Crippen LogP contribution >= 0.6 is 0 Å². The Kier molecular flexibility index (Phi) is 7.42. The smallest absolute Gasteiger partial charge is 0.234 e. The molecule has 14 heavy (non-hydrogen) atoms. The number of nitrogens with two attached hydrogens (primary N) is 1. The highest BCUT2D eigenvalue weighted by Gasteiger charge is 2.07. The van der Waals surface area contributed by atoms with E-state index in [9.17, 15) is 4.79 Å². The summed E-state index contributed by atoms with van der Waals surface area (Å²) >= 11 is 0. The summed E-state index contributed by atoms with van der Waals surface area (Å²) in [5.74, 6) is 0.595. The summed E-state index contributed by atoms with van der Waals surface area (Å²) in [4.78, 5) is 13.4. The summed E-state index contributed by atoms with van der Waals surface area (Å²) in [6, 6.07) is 0. The van der Waals surface area contributed by atoms with E-state index in [1.165, 1.54) is 0 Å². The summed E-state index contributed by atoms with van der Waals surface area (Å²) in [6.07, 6.45) is 0. The second-order valence-electron chi connectivity index (χ2n) is 3.86. The predicted molar refractivity (Wildman–Crippen MR) is 59.0 cm³/mol. The first-order chi connectivity index (χ1) is 6.60.